The van der Waals surface area contributed by atoms with Gasteiger partial charge in [-0.1, -0.05) is 28.4 Å². The zero-order chi connectivity index (χ0) is 22.1. The van der Waals surface area contributed by atoms with Gasteiger partial charge >= 0.3 is 6.09 Å². The van der Waals surface area contributed by atoms with Gasteiger partial charge in [-0.05, 0) is 25.1 Å². The van der Waals surface area contributed by atoms with Gasteiger partial charge in [0, 0.05) is 12.6 Å². The Morgan fingerprint density at radius 3 is 2.63 bits per heavy atom. The van der Waals surface area contributed by atoms with Crippen LogP contribution in [0.1, 0.15) is 18.6 Å². The van der Waals surface area contributed by atoms with Crippen molar-refractivity contribution in [3.05, 3.63) is 38.6 Å². The molecule has 3 aromatic heterocycles. The molecule has 0 fully saturated rings. The Bertz CT molecular complexity index is 1180. The van der Waals surface area contributed by atoms with E-state index in [9.17, 15) is 13.2 Å². The van der Waals surface area contributed by atoms with Crippen LogP contribution in [0.2, 0.25) is 8.67 Å². The molecule has 1 amide bonds. The highest BCUT2D eigenvalue weighted by atomic mass is 35.5. The van der Waals surface area contributed by atoms with E-state index >= 15 is 0 Å². The van der Waals surface area contributed by atoms with E-state index in [2.05, 4.69) is 25.3 Å². The lowest BCUT2D eigenvalue weighted by molar-refractivity contribution is 0.121. The maximum atomic E-state index is 12.4. The van der Waals surface area contributed by atoms with Crippen molar-refractivity contribution in [2.75, 3.05) is 16.3 Å². The fraction of sp³-hybridized carbons (Fsp3) is 0.250. The van der Waals surface area contributed by atoms with E-state index in [0.29, 0.717) is 25.6 Å². The minimum Gasteiger partial charge on any atom is -0.441 e. The van der Waals surface area contributed by atoms with Crippen LogP contribution in [0, 0.1) is 0 Å². The maximum Gasteiger partial charge on any atom is 0.413 e. The summed E-state index contributed by atoms with van der Waals surface area (Å²) in [5, 5.41) is 10.5. The van der Waals surface area contributed by atoms with E-state index in [0.717, 1.165) is 6.26 Å². The van der Waals surface area contributed by atoms with Crippen molar-refractivity contribution in [2.45, 2.75) is 13.0 Å². The van der Waals surface area contributed by atoms with E-state index in [-0.39, 0.29) is 11.5 Å². The Labute approximate surface area is 186 Å². The van der Waals surface area contributed by atoms with Crippen molar-refractivity contribution in [1.82, 2.24) is 20.0 Å². The Morgan fingerprint density at radius 1 is 1.33 bits per heavy atom. The third-order valence-corrected chi connectivity index (χ3v) is 5.89. The smallest absolute Gasteiger partial charge is 0.413 e. The first kappa shape index (κ1) is 22.3. The first-order chi connectivity index (χ1) is 14.0. The highest BCUT2D eigenvalue weighted by Gasteiger charge is 2.21. The number of carbonyl (C=O) groups excluding carboxylic acids is 1. The molecule has 0 unspecified atom stereocenters. The molecule has 0 saturated heterocycles. The molecule has 160 valence electrons. The fourth-order valence-electron chi connectivity index (χ4n) is 2.46. The molecule has 10 nitrogen and oxygen atoms in total. The van der Waals surface area contributed by atoms with E-state index in [1.165, 1.54) is 28.3 Å². The molecule has 0 spiro atoms. The van der Waals surface area contributed by atoms with Crippen molar-refractivity contribution in [3.63, 3.8) is 0 Å². The molecule has 1 atom stereocenters. The number of pyridine rings is 1. The van der Waals surface area contributed by atoms with Crippen LogP contribution < -0.4 is 10.0 Å². The molecule has 0 radical (unpaired) electrons. The van der Waals surface area contributed by atoms with Gasteiger partial charge in [-0.15, -0.1) is 16.4 Å². The predicted molar refractivity (Wildman–Crippen MR) is 116 cm³/mol. The van der Waals surface area contributed by atoms with Crippen LogP contribution in [0.4, 0.5) is 16.3 Å². The Balaban J connectivity index is 1.75. The molecular formula is C16H16Cl2N6O4S2. The average Bonchev–Trinajstić information content (AvgIpc) is 3.16. The van der Waals surface area contributed by atoms with Gasteiger partial charge in [0.25, 0.3) is 0 Å². The summed E-state index contributed by atoms with van der Waals surface area (Å²) in [5.41, 5.74) is 1.54. The lowest BCUT2D eigenvalue weighted by atomic mass is 10.2. The molecule has 0 saturated carbocycles. The lowest BCUT2D eigenvalue weighted by Gasteiger charge is -2.14. The number of rotatable bonds is 6. The topological polar surface area (TPSA) is 128 Å². The number of carbonyl (C=O) groups is 1. The molecule has 0 aliphatic rings. The van der Waals surface area contributed by atoms with Gasteiger partial charge in [0.1, 0.15) is 10.4 Å². The van der Waals surface area contributed by atoms with Gasteiger partial charge in [0.15, 0.2) is 11.5 Å². The number of hydrogen-bond acceptors (Lipinski definition) is 8. The maximum absolute atomic E-state index is 12.4. The fourth-order valence-corrected chi connectivity index (χ4v) is 4.63. The standard InChI is InChI=1S/C16H16Cl2N6O4S2/c1-8(10-6-12(17)29-14(10)18)28-16(25)20-15-13(21-23-24(15)2)11-5-4-9(7-19-11)22-30(3,26)27/h4-8,22H,1-3H3,(H,20,25)/t8-/m1/s1. The lowest BCUT2D eigenvalue weighted by Crippen LogP contribution is -2.18. The molecule has 0 aliphatic heterocycles. The third kappa shape index (κ3) is 5.39. The molecule has 14 heteroatoms. The van der Waals surface area contributed by atoms with Crippen molar-refractivity contribution >= 4 is 62.2 Å². The summed E-state index contributed by atoms with van der Waals surface area (Å²) >= 11 is 13.2. The third-order valence-electron chi connectivity index (χ3n) is 3.76. The quantitative estimate of drug-likeness (QED) is 0.535. The van der Waals surface area contributed by atoms with Crippen LogP contribution in [0.5, 0.6) is 0 Å². The largest absolute Gasteiger partial charge is 0.441 e. The highest BCUT2D eigenvalue weighted by Crippen LogP contribution is 2.36. The molecular weight excluding hydrogens is 475 g/mol. The Kier molecular flexibility index (Phi) is 6.50. The van der Waals surface area contributed by atoms with Gasteiger partial charge in [-0.2, -0.15) is 0 Å². The minimum absolute atomic E-state index is 0.248. The number of hydrogen-bond donors (Lipinski definition) is 2. The number of aromatic nitrogens is 4. The molecule has 3 rings (SSSR count). The van der Waals surface area contributed by atoms with E-state index in [1.54, 1.807) is 26.1 Å². The molecule has 0 aliphatic carbocycles. The van der Waals surface area contributed by atoms with Crippen molar-refractivity contribution in [2.24, 2.45) is 7.05 Å². The molecule has 0 aromatic carbocycles. The first-order valence-corrected chi connectivity index (χ1v) is 11.8. The second-order valence-electron chi connectivity index (χ2n) is 6.17. The number of sulfonamides is 1. The summed E-state index contributed by atoms with van der Waals surface area (Å²) in [6.45, 7) is 1.67. The van der Waals surface area contributed by atoms with Crippen molar-refractivity contribution in [3.8, 4) is 11.4 Å². The summed E-state index contributed by atoms with van der Waals surface area (Å²) in [5.74, 6) is 0.248. The number of thiophene rings is 1. The van der Waals surface area contributed by atoms with Gasteiger partial charge in [0.05, 0.1) is 28.2 Å². The van der Waals surface area contributed by atoms with Gasteiger partial charge in [-0.25, -0.2) is 17.9 Å². The van der Waals surface area contributed by atoms with Crippen molar-refractivity contribution < 1.29 is 17.9 Å². The minimum atomic E-state index is -3.42. The number of halogens is 2. The predicted octanol–water partition coefficient (Wildman–Crippen LogP) is 3.93. The Hall–Kier alpha value is -2.41. The van der Waals surface area contributed by atoms with Crippen LogP contribution in [0.3, 0.4) is 0 Å². The number of amides is 1. The van der Waals surface area contributed by atoms with Crippen LogP contribution in [-0.2, 0) is 21.8 Å². The van der Waals surface area contributed by atoms with Crippen LogP contribution in [-0.4, -0.2) is 40.7 Å². The van der Waals surface area contributed by atoms with Crippen LogP contribution in [0.25, 0.3) is 11.4 Å². The Morgan fingerprint density at radius 2 is 2.07 bits per heavy atom. The normalized spacial score (nSPS) is 12.4. The summed E-state index contributed by atoms with van der Waals surface area (Å²) in [6.07, 6.45) is 0.987. The SMILES string of the molecule is C[C@@H](OC(=O)Nc1c(-c2ccc(NS(C)(=O)=O)cn2)nnn1C)c1cc(Cl)sc1Cl. The number of aryl methyl sites for hydroxylation is 1. The molecule has 3 heterocycles. The van der Waals surface area contributed by atoms with Crippen molar-refractivity contribution in [1.29, 1.82) is 0 Å². The monoisotopic (exact) mass is 490 g/mol. The summed E-state index contributed by atoms with van der Waals surface area (Å²) in [4.78, 5) is 16.6. The zero-order valence-corrected chi connectivity index (χ0v) is 19.0. The molecule has 0 bridgehead atoms. The second-order valence-corrected chi connectivity index (χ2v) is 10.2. The summed E-state index contributed by atoms with van der Waals surface area (Å²) < 4.78 is 32.6. The second kappa shape index (κ2) is 8.76. The van der Waals surface area contributed by atoms with E-state index in [4.69, 9.17) is 27.9 Å². The van der Waals surface area contributed by atoms with Crippen LogP contribution in [0.15, 0.2) is 24.4 Å². The molecule has 2 N–H and O–H groups in total. The van der Waals surface area contributed by atoms with Gasteiger partial charge < -0.3 is 4.74 Å². The average molecular weight is 491 g/mol. The summed E-state index contributed by atoms with van der Waals surface area (Å²) in [6, 6.07) is 4.70. The number of ether oxygens (including phenoxy) is 1. The molecule has 3 aromatic rings. The highest BCUT2D eigenvalue weighted by molar-refractivity contribution is 7.92. The number of nitrogens with zero attached hydrogens (tertiary/aromatic N) is 4. The van der Waals surface area contributed by atoms with Gasteiger partial charge in [0.2, 0.25) is 10.0 Å². The van der Waals surface area contributed by atoms with Gasteiger partial charge in [-0.3, -0.25) is 15.0 Å². The first-order valence-electron chi connectivity index (χ1n) is 8.29. The van der Waals surface area contributed by atoms with E-state index in [1.807, 2.05) is 0 Å². The zero-order valence-electron chi connectivity index (χ0n) is 15.9. The molecule has 30 heavy (non-hydrogen) atoms. The van der Waals surface area contributed by atoms with Crippen LogP contribution >= 0.6 is 34.5 Å². The number of nitrogens with one attached hydrogen (secondary N) is 2. The van der Waals surface area contributed by atoms with E-state index < -0.39 is 22.2 Å². The summed E-state index contributed by atoms with van der Waals surface area (Å²) in [7, 11) is -1.84. The number of anilines is 2.